The predicted octanol–water partition coefficient (Wildman–Crippen LogP) is 1.65. The molecule has 20 heteroatoms. The third-order valence-corrected chi connectivity index (χ3v) is 6.45. The summed E-state index contributed by atoms with van der Waals surface area (Å²) < 4.78 is 5.58. The van der Waals surface area contributed by atoms with Crippen molar-refractivity contribution in [1.82, 2.24) is 59.7 Å². The first-order valence-corrected chi connectivity index (χ1v) is 12.9. The molecule has 0 atom stereocenters. The summed E-state index contributed by atoms with van der Waals surface area (Å²) in [6.07, 6.45) is 4.09. The third-order valence-electron chi connectivity index (χ3n) is 6.45. The van der Waals surface area contributed by atoms with Crippen LogP contribution in [0.3, 0.4) is 0 Å². The number of carbonyl (C=O) groups excluding carboxylic acids is 2. The molecule has 0 radical (unpaired) electrons. The molecule has 5 rings (SSSR count). The number of nitrogens with zero attached hydrogens (tertiary/aromatic N) is 14. The van der Waals surface area contributed by atoms with Crippen LogP contribution in [0.25, 0.3) is 11.6 Å². The minimum atomic E-state index is -0.357. The van der Waals surface area contributed by atoms with Crippen molar-refractivity contribution in [3.63, 3.8) is 0 Å². The lowest BCUT2D eigenvalue weighted by Crippen LogP contribution is -2.17. The molecule has 0 saturated heterocycles. The minimum Gasteiger partial charge on any atom is -0.382 e. The quantitative estimate of drug-likeness (QED) is 0.187. The van der Waals surface area contributed by atoms with Gasteiger partial charge in [-0.3, -0.25) is 9.59 Å². The zero-order valence-electron chi connectivity index (χ0n) is 24.5. The average Bonchev–Trinajstić information content (AvgIpc) is 3.74. The van der Waals surface area contributed by atoms with Crippen molar-refractivity contribution in [2.75, 3.05) is 25.6 Å². The van der Waals surface area contributed by atoms with E-state index in [4.69, 9.17) is 11.5 Å². The highest BCUT2D eigenvalue weighted by atomic mass is 16.2. The number of aromatic nitrogens is 10. The molecule has 0 bridgehead atoms. The van der Waals surface area contributed by atoms with Gasteiger partial charge < -0.3 is 22.1 Å². The maximum absolute atomic E-state index is 12.2. The van der Waals surface area contributed by atoms with Crippen LogP contribution in [0.15, 0.2) is 45.2 Å². The van der Waals surface area contributed by atoms with Gasteiger partial charge in [0.25, 0.3) is 11.8 Å². The van der Waals surface area contributed by atoms with E-state index in [1.54, 1.807) is 34.0 Å². The molecule has 0 aliphatic heterocycles. The van der Waals surface area contributed by atoms with Crippen LogP contribution in [0.5, 0.6) is 0 Å². The van der Waals surface area contributed by atoms with Crippen molar-refractivity contribution >= 4 is 46.5 Å². The monoisotopic (exact) mass is 600 g/mol. The molecule has 44 heavy (non-hydrogen) atoms. The molecule has 5 aromatic rings. The van der Waals surface area contributed by atoms with E-state index in [0.29, 0.717) is 23.0 Å². The molecule has 5 heterocycles. The van der Waals surface area contributed by atoms with Crippen LogP contribution < -0.4 is 22.1 Å². The van der Waals surface area contributed by atoms with Gasteiger partial charge in [0.1, 0.15) is 17.5 Å². The average molecular weight is 601 g/mol. The van der Waals surface area contributed by atoms with Gasteiger partial charge >= 0.3 is 0 Å². The maximum Gasteiger partial charge on any atom is 0.256 e. The number of azo groups is 2. The Labute approximate surface area is 248 Å². The van der Waals surface area contributed by atoms with E-state index in [-0.39, 0.29) is 57.6 Å². The van der Waals surface area contributed by atoms with Gasteiger partial charge in [0, 0.05) is 34.3 Å². The van der Waals surface area contributed by atoms with Gasteiger partial charge in [-0.05, 0) is 13.8 Å². The Hall–Kier alpha value is -6.34. The Balaban J connectivity index is 1.47. The Kier molecular flexibility index (Phi) is 7.62. The van der Waals surface area contributed by atoms with Crippen molar-refractivity contribution < 1.29 is 9.59 Å². The Morgan fingerprint density at radius 1 is 0.727 bits per heavy atom. The van der Waals surface area contributed by atoms with Crippen LogP contribution in [-0.4, -0.2) is 75.0 Å². The highest BCUT2D eigenvalue weighted by molar-refractivity contribution is 5.98. The fourth-order valence-electron chi connectivity index (χ4n) is 4.12. The number of nitrogen functional groups attached to an aromatic ring is 2. The second-order valence-corrected chi connectivity index (χ2v) is 9.27. The predicted molar refractivity (Wildman–Crippen MR) is 156 cm³/mol. The lowest BCUT2D eigenvalue weighted by Gasteiger charge is -2.06. The molecule has 0 saturated carbocycles. The van der Waals surface area contributed by atoms with Crippen LogP contribution in [0.2, 0.25) is 0 Å². The Morgan fingerprint density at radius 3 is 1.52 bits per heavy atom. The molecule has 226 valence electrons. The van der Waals surface area contributed by atoms with Gasteiger partial charge in [-0.15, -0.1) is 20.5 Å². The fraction of sp³-hybridized carbons (Fsp3) is 0.250. The molecule has 0 fully saturated rings. The van der Waals surface area contributed by atoms with Crippen LogP contribution in [0.1, 0.15) is 32.1 Å². The molecule has 0 aliphatic rings. The van der Waals surface area contributed by atoms with Gasteiger partial charge in [0.2, 0.25) is 0 Å². The van der Waals surface area contributed by atoms with E-state index in [2.05, 4.69) is 61.5 Å². The van der Waals surface area contributed by atoms with E-state index in [0.717, 1.165) is 0 Å². The van der Waals surface area contributed by atoms with Gasteiger partial charge in [-0.2, -0.15) is 29.8 Å². The summed E-state index contributed by atoms with van der Waals surface area (Å²) in [5.74, 6) is 0.642. The smallest absolute Gasteiger partial charge is 0.256 e. The van der Waals surface area contributed by atoms with Crippen LogP contribution in [-0.2, 0) is 14.1 Å². The molecule has 0 unspecified atom stereocenters. The molecule has 20 nitrogen and oxygen atoms in total. The molecular formula is C24H28N18O2. The summed E-state index contributed by atoms with van der Waals surface area (Å²) in [4.78, 5) is 32.9. The summed E-state index contributed by atoms with van der Waals surface area (Å²) in [5, 5.41) is 39.1. The molecular weight excluding hydrogens is 572 g/mol. The Bertz CT molecular complexity index is 1820. The second-order valence-electron chi connectivity index (χ2n) is 9.27. The molecule has 0 spiro atoms. The van der Waals surface area contributed by atoms with Crippen LogP contribution >= 0.6 is 0 Å². The van der Waals surface area contributed by atoms with Gasteiger partial charge in [0.15, 0.2) is 46.3 Å². The third kappa shape index (κ3) is 5.10. The van der Waals surface area contributed by atoms with Crippen molar-refractivity contribution in [1.29, 1.82) is 0 Å². The van der Waals surface area contributed by atoms with Crippen molar-refractivity contribution in [3.8, 4) is 11.6 Å². The second kappa shape index (κ2) is 11.5. The summed E-state index contributed by atoms with van der Waals surface area (Å²) in [5.41, 5.74) is 14.8. The summed E-state index contributed by atoms with van der Waals surface area (Å²) in [6, 6.07) is 1.57. The normalized spacial score (nSPS) is 11.6. The van der Waals surface area contributed by atoms with Gasteiger partial charge in [0.05, 0.1) is 23.8 Å². The zero-order valence-corrected chi connectivity index (χ0v) is 24.5. The summed E-state index contributed by atoms with van der Waals surface area (Å²) in [7, 11) is 6.29. The van der Waals surface area contributed by atoms with Crippen LogP contribution in [0.4, 0.5) is 34.6 Å². The largest absolute Gasteiger partial charge is 0.382 e. The summed E-state index contributed by atoms with van der Waals surface area (Å²) in [6.45, 7) is 3.41. The maximum atomic E-state index is 12.2. The number of anilines is 2. The molecule has 6 N–H and O–H groups in total. The first-order chi connectivity index (χ1) is 21.0. The van der Waals surface area contributed by atoms with E-state index in [9.17, 15) is 9.59 Å². The number of nitrogens with one attached hydrogen (secondary N) is 2. The SMILES string of the molecule is CNC(=O)c1cnn(C)c1/N=N/c1c(C)nn(-c2cc(-n3nc(C)c(/N=N/c4c(C(=O)NC)cnn4C)c3N)ncn2)c1N. The van der Waals surface area contributed by atoms with E-state index >= 15 is 0 Å². The standard InChI is InChI=1S/C24H28N18O2/c1-11-17(33-35-21-13(23(43)27-3)8-31-39(21)5)19(25)41(37-11)15-7-16(30-10-29-15)42-20(26)18(12(2)38-42)34-36-22-14(24(44)28-4)9-32-40(22)6/h7-10H,25-26H2,1-6H3,(H,27,43)(H,28,44)/b35-33+,36-34+. The summed E-state index contributed by atoms with van der Waals surface area (Å²) >= 11 is 0. The number of aryl methyl sites for hydroxylation is 4. The fourth-order valence-corrected chi connectivity index (χ4v) is 4.12. The first-order valence-electron chi connectivity index (χ1n) is 12.9. The Morgan fingerprint density at radius 2 is 1.14 bits per heavy atom. The molecule has 2 amide bonds. The number of nitrogens with two attached hydrogens (primary N) is 2. The van der Waals surface area contributed by atoms with Crippen molar-refractivity contribution in [3.05, 3.63) is 47.3 Å². The van der Waals surface area contributed by atoms with Gasteiger partial charge in [-0.1, -0.05) is 0 Å². The van der Waals surface area contributed by atoms with Crippen molar-refractivity contribution in [2.24, 2.45) is 34.6 Å². The zero-order chi connectivity index (χ0) is 31.7. The van der Waals surface area contributed by atoms with Crippen LogP contribution in [0, 0.1) is 13.8 Å². The molecule has 0 aromatic carbocycles. The lowest BCUT2D eigenvalue weighted by atomic mass is 10.3. The number of carbonyl (C=O) groups is 2. The van der Waals surface area contributed by atoms with E-state index in [1.165, 1.54) is 51.5 Å². The number of hydrogen-bond acceptors (Lipinski definition) is 14. The number of hydrogen-bond donors (Lipinski definition) is 4. The lowest BCUT2D eigenvalue weighted by molar-refractivity contribution is 0.0955. The minimum absolute atomic E-state index is 0.141. The number of amides is 2. The highest BCUT2D eigenvalue weighted by Gasteiger charge is 2.21. The molecule has 5 aromatic heterocycles. The van der Waals surface area contributed by atoms with E-state index in [1.807, 2.05) is 0 Å². The van der Waals surface area contributed by atoms with E-state index < -0.39 is 0 Å². The van der Waals surface area contributed by atoms with Gasteiger partial charge in [-0.25, -0.2) is 19.3 Å². The first kappa shape index (κ1) is 29.2. The number of rotatable bonds is 8. The molecule has 0 aliphatic carbocycles. The topological polar surface area (TPSA) is 257 Å². The highest BCUT2D eigenvalue weighted by Crippen LogP contribution is 2.33. The van der Waals surface area contributed by atoms with Crippen molar-refractivity contribution in [2.45, 2.75) is 13.8 Å².